The van der Waals surface area contributed by atoms with Gasteiger partial charge in [-0.2, -0.15) is 4.31 Å². The highest BCUT2D eigenvalue weighted by Crippen LogP contribution is 2.24. The van der Waals surface area contributed by atoms with Gasteiger partial charge in [-0.1, -0.05) is 31.0 Å². The van der Waals surface area contributed by atoms with Crippen molar-refractivity contribution in [2.75, 3.05) is 13.1 Å². The third-order valence-electron chi connectivity index (χ3n) is 5.35. The average molecular weight is 419 g/mol. The maximum atomic E-state index is 13.2. The molecule has 29 heavy (non-hydrogen) atoms. The van der Waals surface area contributed by atoms with Gasteiger partial charge in [-0.3, -0.25) is 4.79 Å². The number of amides is 1. The van der Waals surface area contributed by atoms with Crippen LogP contribution in [0.3, 0.4) is 0 Å². The quantitative estimate of drug-likeness (QED) is 0.792. The Morgan fingerprint density at radius 2 is 1.66 bits per heavy atom. The summed E-state index contributed by atoms with van der Waals surface area (Å²) in [6, 6.07) is 10.3. The van der Waals surface area contributed by atoms with E-state index in [9.17, 15) is 17.6 Å². The molecule has 1 aliphatic heterocycles. The normalized spacial score (nSPS) is 16.8. The Kier molecular flexibility index (Phi) is 6.70. The van der Waals surface area contributed by atoms with Crippen LogP contribution in [0.1, 0.15) is 60.1 Å². The molecule has 1 amide bonds. The maximum Gasteiger partial charge on any atom is 0.251 e. The lowest BCUT2D eigenvalue weighted by Gasteiger charge is -2.21. The van der Waals surface area contributed by atoms with Crippen LogP contribution in [0.15, 0.2) is 47.4 Å². The zero-order chi connectivity index (χ0) is 21.0. The van der Waals surface area contributed by atoms with Crippen LogP contribution in [0.2, 0.25) is 0 Å². The molecule has 0 unspecified atom stereocenters. The first-order valence-electron chi connectivity index (χ1n) is 9.96. The highest BCUT2D eigenvalue weighted by molar-refractivity contribution is 7.89. The first-order chi connectivity index (χ1) is 13.8. The van der Waals surface area contributed by atoms with Crippen LogP contribution in [-0.2, 0) is 10.0 Å². The minimum absolute atomic E-state index is 0.182. The standard InChI is InChI=1S/C22H27FN2O3S/c1-16-7-8-19(22(26)24-17(2)18-9-11-20(23)12-10-18)15-21(16)29(27,28)25-13-5-3-4-6-14-25/h7-12,15,17H,3-6,13-14H2,1-2H3,(H,24,26)/t17-/m0/s1. The van der Waals surface area contributed by atoms with Crippen molar-refractivity contribution in [3.8, 4) is 0 Å². The van der Waals surface area contributed by atoms with Gasteiger partial charge in [0.05, 0.1) is 10.9 Å². The van der Waals surface area contributed by atoms with Gasteiger partial charge < -0.3 is 5.32 Å². The molecule has 7 heteroatoms. The number of sulfonamides is 1. The summed E-state index contributed by atoms with van der Waals surface area (Å²) in [5.41, 5.74) is 1.68. The minimum Gasteiger partial charge on any atom is -0.346 e. The number of rotatable bonds is 5. The fraction of sp³-hybridized carbons (Fsp3) is 0.409. The summed E-state index contributed by atoms with van der Waals surface area (Å²) in [4.78, 5) is 12.9. The molecule has 0 saturated carbocycles. The van der Waals surface area contributed by atoms with Crippen LogP contribution < -0.4 is 5.32 Å². The summed E-state index contributed by atoms with van der Waals surface area (Å²) < 4.78 is 41.0. The number of benzene rings is 2. The fourth-order valence-corrected chi connectivity index (χ4v) is 5.32. The smallest absolute Gasteiger partial charge is 0.251 e. The van der Waals surface area contributed by atoms with Gasteiger partial charge in [0.25, 0.3) is 5.91 Å². The van der Waals surface area contributed by atoms with E-state index < -0.39 is 10.0 Å². The Bertz CT molecular complexity index is 966. The van der Waals surface area contributed by atoms with E-state index in [4.69, 9.17) is 0 Å². The molecule has 3 rings (SSSR count). The first-order valence-corrected chi connectivity index (χ1v) is 11.4. The van der Waals surface area contributed by atoms with Gasteiger partial charge >= 0.3 is 0 Å². The van der Waals surface area contributed by atoms with Crippen molar-refractivity contribution in [3.05, 3.63) is 65.0 Å². The number of aryl methyl sites for hydroxylation is 1. The Morgan fingerprint density at radius 3 is 2.28 bits per heavy atom. The number of halogens is 1. The Morgan fingerprint density at radius 1 is 1.03 bits per heavy atom. The molecule has 2 aromatic carbocycles. The monoisotopic (exact) mass is 418 g/mol. The second-order valence-electron chi connectivity index (χ2n) is 7.55. The van der Waals surface area contributed by atoms with Gasteiger partial charge in [0.15, 0.2) is 0 Å². The van der Waals surface area contributed by atoms with Crippen LogP contribution in [0, 0.1) is 12.7 Å². The largest absolute Gasteiger partial charge is 0.346 e. The lowest BCUT2D eigenvalue weighted by atomic mass is 10.1. The number of carbonyl (C=O) groups excluding carboxylic acids is 1. The highest BCUT2D eigenvalue weighted by Gasteiger charge is 2.27. The summed E-state index contributed by atoms with van der Waals surface area (Å²) in [6.07, 6.45) is 3.78. The third-order valence-corrected chi connectivity index (χ3v) is 7.39. The number of nitrogens with zero attached hydrogens (tertiary/aromatic N) is 1. The van der Waals surface area contributed by atoms with Crippen molar-refractivity contribution < 1.29 is 17.6 Å². The molecule has 1 saturated heterocycles. The molecule has 2 aromatic rings. The van der Waals surface area contributed by atoms with Gasteiger partial charge in [0, 0.05) is 18.7 Å². The molecule has 0 radical (unpaired) electrons. The van der Waals surface area contributed by atoms with E-state index in [1.165, 1.54) is 22.5 Å². The van der Waals surface area contributed by atoms with Crippen molar-refractivity contribution in [1.82, 2.24) is 9.62 Å². The van der Waals surface area contributed by atoms with E-state index in [1.54, 1.807) is 38.1 Å². The van der Waals surface area contributed by atoms with Crippen LogP contribution >= 0.6 is 0 Å². The van der Waals surface area contributed by atoms with Crippen LogP contribution in [0.4, 0.5) is 4.39 Å². The van der Waals surface area contributed by atoms with E-state index in [-0.39, 0.29) is 28.2 Å². The van der Waals surface area contributed by atoms with E-state index >= 15 is 0 Å². The lowest BCUT2D eigenvalue weighted by Crippen LogP contribution is -2.33. The molecule has 0 aliphatic carbocycles. The molecule has 5 nitrogen and oxygen atoms in total. The maximum absolute atomic E-state index is 13.2. The number of hydrogen-bond donors (Lipinski definition) is 1. The summed E-state index contributed by atoms with van der Waals surface area (Å²) in [5, 5.41) is 2.85. The van der Waals surface area contributed by atoms with Gasteiger partial charge in [-0.25, -0.2) is 12.8 Å². The van der Waals surface area contributed by atoms with Crippen molar-refractivity contribution in [3.63, 3.8) is 0 Å². The Labute approximate surface area is 172 Å². The molecule has 0 spiro atoms. The number of carbonyl (C=O) groups is 1. The Balaban J connectivity index is 1.82. The van der Waals surface area contributed by atoms with Crippen LogP contribution in [0.5, 0.6) is 0 Å². The zero-order valence-corrected chi connectivity index (χ0v) is 17.6. The van der Waals surface area contributed by atoms with Gasteiger partial charge in [-0.15, -0.1) is 0 Å². The van der Waals surface area contributed by atoms with Gasteiger partial charge in [0.2, 0.25) is 10.0 Å². The lowest BCUT2D eigenvalue weighted by molar-refractivity contribution is 0.0939. The van der Waals surface area contributed by atoms with Gasteiger partial charge in [0.1, 0.15) is 5.82 Å². The molecule has 0 bridgehead atoms. The molecule has 1 fully saturated rings. The molecule has 156 valence electrons. The summed E-state index contributed by atoms with van der Waals surface area (Å²) in [6.45, 7) is 4.57. The Hall–Kier alpha value is -2.25. The molecule has 0 aromatic heterocycles. The topological polar surface area (TPSA) is 66.5 Å². The summed E-state index contributed by atoms with van der Waals surface area (Å²) >= 11 is 0. The van der Waals surface area contributed by atoms with Crippen molar-refractivity contribution in [2.45, 2.75) is 50.5 Å². The second kappa shape index (κ2) is 9.05. The summed E-state index contributed by atoms with van der Waals surface area (Å²) in [5.74, 6) is -0.705. The highest BCUT2D eigenvalue weighted by atomic mass is 32.2. The predicted molar refractivity (Wildman–Crippen MR) is 111 cm³/mol. The van der Waals surface area contributed by atoms with Crippen molar-refractivity contribution in [1.29, 1.82) is 0 Å². The SMILES string of the molecule is Cc1ccc(C(=O)N[C@@H](C)c2ccc(F)cc2)cc1S(=O)(=O)N1CCCCCC1. The molecule has 1 atom stereocenters. The zero-order valence-electron chi connectivity index (χ0n) is 16.8. The summed E-state index contributed by atoms with van der Waals surface area (Å²) in [7, 11) is -3.65. The third kappa shape index (κ3) is 5.03. The fourth-order valence-electron chi connectivity index (χ4n) is 3.56. The van der Waals surface area contributed by atoms with Crippen LogP contribution in [-0.4, -0.2) is 31.7 Å². The van der Waals surface area contributed by atoms with E-state index in [0.29, 0.717) is 18.7 Å². The molecule has 1 heterocycles. The van der Waals surface area contributed by atoms with Crippen LogP contribution in [0.25, 0.3) is 0 Å². The number of nitrogens with one attached hydrogen (secondary N) is 1. The minimum atomic E-state index is -3.65. The van der Waals surface area contributed by atoms with E-state index in [0.717, 1.165) is 31.2 Å². The molecule has 1 aliphatic rings. The van der Waals surface area contributed by atoms with E-state index in [1.807, 2.05) is 0 Å². The molecular weight excluding hydrogens is 391 g/mol. The van der Waals surface area contributed by atoms with Gasteiger partial charge in [-0.05, 0) is 62.1 Å². The van der Waals surface area contributed by atoms with Crippen molar-refractivity contribution >= 4 is 15.9 Å². The molecule has 1 N–H and O–H groups in total. The predicted octanol–water partition coefficient (Wildman–Crippen LogP) is 4.19. The second-order valence-corrected chi connectivity index (χ2v) is 9.45. The number of hydrogen-bond acceptors (Lipinski definition) is 3. The molecular formula is C22H27FN2O3S. The average Bonchev–Trinajstić information content (AvgIpc) is 2.98. The van der Waals surface area contributed by atoms with E-state index in [2.05, 4.69) is 5.32 Å². The first kappa shape index (κ1) is 21.5. The van der Waals surface area contributed by atoms with Crippen molar-refractivity contribution in [2.24, 2.45) is 0 Å².